The first-order valence-corrected chi connectivity index (χ1v) is 8.82. The fourth-order valence-electron chi connectivity index (χ4n) is 3.61. The number of para-hydroxylation sites is 1. The summed E-state index contributed by atoms with van der Waals surface area (Å²) < 4.78 is 27.4. The Morgan fingerprint density at radius 2 is 2.00 bits per heavy atom. The SMILES string of the molecule is O=C1CN(C(=S)Nc2ccccc2F)CC2c3ccc(F)cc3CCN12. The number of carbonyl (C=O) groups excluding carboxylic acids is 1. The van der Waals surface area contributed by atoms with E-state index in [1.165, 1.54) is 18.2 Å². The molecule has 2 heterocycles. The van der Waals surface area contributed by atoms with Gasteiger partial charge in [0.15, 0.2) is 5.11 Å². The minimum Gasteiger partial charge on any atom is -0.337 e. The fraction of sp³-hybridized carbons (Fsp3) is 0.263. The summed E-state index contributed by atoms with van der Waals surface area (Å²) in [6.07, 6.45) is 0.646. The largest absolute Gasteiger partial charge is 0.337 e. The van der Waals surface area contributed by atoms with Gasteiger partial charge in [0, 0.05) is 13.1 Å². The number of fused-ring (bicyclic) bond motifs is 3. The number of nitrogens with zero attached hydrogens (tertiary/aromatic N) is 2. The van der Waals surface area contributed by atoms with Crippen LogP contribution >= 0.6 is 12.2 Å². The summed E-state index contributed by atoms with van der Waals surface area (Å²) >= 11 is 5.40. The number of carbonyl (C=O) groups is 1. The van der Waals surface area contributed by atoms with Gasteiger partial charge in [-0.1, -0.05) is 18.2 Å². The van der Waals surface area contributed by atoms with Gasteiger partial charge in [-0.25, -0.2) is 8.78 Å². The first-order valence-electron chi connectivity index (χ1n) is 8.41. The van der Waals surface area contributed by atoms with Crippen molar-refractivity contribution in [3.63, 3.8) is 0 Å². The fourth-order valence-corrected chi connectivity index (χ4v) is 3.86. The number of hydrogen-bond acceptors (Lipinski definition) is 2. The maximum absolute atomic E-state index is 13.8. The van der Waals surface area contributed by atoms with E-state index >= 15 is 0 Å². The predicted octanol–water partition coefficient (Wildman–Crippen LogP) is 3.10. The van der Waals surface area contributed by atoms with Crippen LogP contribution in [-0.4, -0.2) is 40.5 Å². The van der Waals surface area contributed by atoms with E-state index in [2.05, 4.69) is 5.32 Å². The molecular formula is C19H17F2N3OS. The minimum atomic E-state index is -0.404. The maximum Gasteiger partial charge on any atom is 0.242 e. The molecule has 2 aliphatic heterocycles. The lowest BCUT2D eigenvalue weighted by Gasteiger charge is -2.45. The molecule has 0 saturated carbocycles. The lowest BCUT2D eigenvalue weighted by molar-refractivity contribution is -0.138. The zero-order valence-electron chi connectivity index (χ0n) is 13.9. The molecule has 4 nitrogen and oxygen atoms in total. The van der Waals surface area contributed by atoms with Crippen molar-refractivity contribution in [2.75, 3.05) is 25.0 Å². The Balaban J connectivity index is 1.57. The third-order valence-corrected chi connectivity index (χ3v) is 5.27. The normalized spacial score (nSPS) is 19.0. The van der Waals surface area contributed by atoms with E-state index in [0.717, 1.165) is 11.1 Å². The number of benzene rings is 2. The summed E-state index contributed by atoms with van der Waals surface area (Å²) in [6, 6.07) is 10.8. The van der Waals surface area contributed by atoms with Crippen molar-refractivity contribution in [3.8, 4) is 0 Å². The second-order valence-electron chi connectivity index (χ2n) is 6.49. The van der Waals surface area contributed by atoms with Gasteiger partial charge < -0.3 is 15.1 Å². The lowest BCUT2D eigenvalue weighted by atomic mass is 9.90. The molecule has 7 heteroatoms. The van der Waals surface area contributed by atoms with Crippen molar-refractivity contribution < 1.29 is 13.6 Å². The number of anilines is 1. The highest BCUT2D eigenvalue weighted by Gasteiger charge is 2.37. The van der Waals surface area contributed by atoms with Crippen LogP contribution in [-0.2, 0) is 11.2 Å². The standard InChI is InChI=1S/C19H17F2N3OS/c20-13-5-6-14-12(9-13)7-8-24-17(14)10-23(11-18(24)25)19(26)22-16-4-2-1-3-15(16)21/h1-6,9,17H,7-8,10-11H2,(H,22,26). The van der Waals surface area contributed by atoms with Crippen molar-refractivity contribution in [2.24, 2.45) is 0 Å². The van der Waals surface area contributed by atoms with Gasteiger partial charge in [-0.05, 0) is 54.0 Å². The highest BCUT2D eigenvalue weighted by Crippen LogP contribution is 2.33. The zero-order chi connectivity index (χ0) is 18.3. The minimum absolute atomic E-state index is 0.0334. The molecule has 0 aromatic heterocycles. The molecule has 2 aromatic rings. The van der Waals surface area contributed by atoms with Gasteiger partial charge in [0.05, 0.1) is 18.3 Å². The molecule has 2 aromatic carbocycles. The van der Waals surface area contributed by atoms with Crippen LogP contribution < -0.4 is 5.32 Å². The second-order valence-corrected chi connectivity index (χ2v) is 6.87. The van der Waals surface area contributed by atoms with Crippen LogP contribution in [0.2, 0.25) is 0 Å². The summed E-state index contributed by atoms with van der Waals surface area (Å²) in [7, 11) is 0. The van der Waals surface area contributed by atoms with Gasteiger partial charge in [0.25, 0.3) is 0 Å². The zero-order valence-corrected chi connectivity index (χ0v) is 14.7. The Labute approximate surface area is 155 Å². The van der Waals surface area contributed by atoms with E-state index in [0.29, 0.717) is 24.6 Å². The summed E-state index contributed by atoms with van der Waals surface area (Å²) in [5.74, 6) is -0.708. The Morgan fingerprint density at radius 1 is 1.19 bits per heavy atom. The molecule has 1 unspecified atom stereocenters. The number of halogens is 2. The van der Waals surface area contributed by atoms with Crippen molar-refractivity contribution >= 4 is 28.9 Å². The van der Waals surface area contributed by atoms with Crippen LogP contribution in [0.1, 0.15) is 17.2 Å². The molecule has 1 amide bonds. The molecule has 26 heavy (non-hydrogen) atoms. The molecule has 2 aliphatic rings. The highest BCUT2D eigenvalue weighted by molar-refractivity contribution is 7.80. The van der Waals surface area contributed by atoms with Crippen LogP contribution in [0.15, 0.2) is 42.5 Å². The van der Waals surface area contributed by atoms with Crippen molar-refractivity contribution in [3.05, 3.63) is 65.2 Å². The van der Waals surface area contributed by atoms with Crippen LogP contribution in [0.5, 0.6) is 0 Å². The summed E-state index contributed by atoms with van der Waals surface area (Å²) in [5.41, 5.74) is 2.15. The molecular weight excluding hydrogens is 356 g/mol. The topological polar surface area (TPSA) is 35.6 Å². The third-order valence-electron chi connectivity index (χ3n) is 4.90. The molecule has 1 N–H and O–H groups in total. The third kappa shape index (κ3) is 3.03. The van der Waals surface area contributed by atoms with E-state index in [-0.39, 0.29) is 30.0 Å². The van der Waals surface area contributed by atoms with E-state index in [9.17, 15) is 13.6 Å². The number of hydrogen-bond donors (Lipinski definition) is 1. The monoisotopic (exact) mass is 373 g/mol. The number of rotatable bonds is 1. The molecule has 1 atom stereocenters. The average Bonchev–Trinajstić information content (AvgIpc) is 2.63. The summed E-state index contributed by atoms with van der Waals surface area (Å²) in [4.78, 5) is 16.1. The first-order chi connectivity index (χ1) is 12.5. The average molecular weight is 373 g/mol. The Morgan fingerprint density at radius 3 is 2.81 bits per heavy atom. The second kappa shape index (κ2) is 6.64. The van der Waals surface area contributed by atoms with Crippen molar-refractivity contribution in [2.45, 2.75) is 12.5 Å². The van der Waals surface area contributed by atoms with Gasteiger partial charge in [0.1, 0.15) is 11.6 Å². The van der Waals surface area contributed by atoms with Crippen LogP contribution in [0, 0.1) is 11.6 Å². The Kier molecular flexibility index (Phi) is 4.32. The molecule has 0 spiro atoms. The molecule has 0 bridgehead atoms. The predicted molar refractivity (Wildman–Crippen MR) is 98.8 cm³/mol. The van der Waals surface area contributed by atoms with Gasteiger partial charge in [-0.2, -0.15) is 0 Å². The molecule has 4 rings (SSSR count). The Hall–Kier alpha value is -2.54. The maximum atomic E-state index is 13.8. The summed E-state index contributed by atoms with van der Waals surface area (Å²) in [6.45, 7) is 1.21. The smallest absolute Gasteiger partial charge is 0.242 e. The molecule has 1 saturated heterocycles. The van der Waals surface area contributed by atoms with Gasteiger partial charge in [0.2, 0.25) is 5.91 Å². The molecule has 1 fully saturated rings. The van der Waals surface area contributed by atoms with E-state index in [1.54, 1.807) is 29.2 Å². The van der Waals surface area contributed by atoms with Crippen molar-refractivity contribution in [1.29, 1.82) is 0 Å². The van der Waals surface area contributed by atoms with Gasteiger partial charge >= 0.3 is 0 Å². The quantitative estimate of drug-likeness (QED) is 0.780. The number of amides is 1. The molecule has 134 valence electrons. The van der Waals surface area contributed by atoms with Crippen LogP contribution in [0.3, 0.4) is 0 Å². The van der Waals surface area contributed by atoms with Crippen LogP contribution in [0.25, 0.3) is 0 Å². The van der Waals surface area contributed by atoms with E-state index < -0.39 is 5.82 Å². The van der Waals surface area contributed by atoms with Gasteiger partial charge in [-0.15, -0.1) is 0 Å². The lowest BCUT2D eigenvalue weighted by Crippen LogP contribution is -2.56. The number of thiocarbonyl (C=S) groups is 1. The number of piperazine rings is 1. The van der Waals surface area contributed by atoms with Gasteiger partial charge in [-0.3, -0.25) is 4.79 Å². The van der Waals surface area contributed by atoms with E-state index in [1.807, 2.05) is 4.90 Å². The number of nitrogens with one attached hydrogen (secondary N) is 1. The van der Waals surface area contributed by atoms with E-state index in [4.69, 9.17) is 12.2 Å². The highest BCUT2D eigenvalue weighted by atomic mass is 32.1. The molecule has 0 aliphatic carbocycles. The van der Waals surface area contributed by atoms with Crippen LogP contribution in [0.4, 0.5) is 14.5 Å². The Bertz CT molecular complexity index is 889. The molecule has 0 radical (unpaired) electrons. The summed E-state index contributed by atoms with van der Waals surface area (Å²) in [5, 5.41) is 3.18. The first kappa shape index (κ1) is 16.9. The van der Waals surface area contributed by atoms with Crippen molar-refractivity contribution in [1.82, 2.24) is 9.80 Å².